The van der Waals surface area contributed by atoms with Gasteiger partial charge in [0.25, 0.3) is 0 Å². The first-order chi connectivity index (χ1) is 11.7. The van der Waals surface area contributed by atoms with Crippen LogP contribution in [0.4, 0.5) is 0 Å². The summed E-state index contributed by atoms with van der Waals surface area (Å²) in [5, 5.41) is 0. The summed E-state index contributed by atoms with van der Waals surface area (Å²) in [6.45, 7) is 2.74. The third kappa shape index (κ3) is 4.65. The fraction of sp³-hybridized carbons (Fsp3) is 0.316. The van der Waals surface area contributed by atoms with Crippen LogP contribution in [0, 0.1) is 0 Å². The molecule has 0 saturated heterocycles. The Hall–Kier alpha value is -2.69. The molecule has 2 rings (SSSR count). The molecule has 0 aliphatic rings. The summed E-state index contributed by atoms with van der Waals surface area (Å²) in [5.74, 6) is 0.558. The Kier molecular flexibility index (Phi) is 6.49. The van der Waals surface area contributed by atoms with Gasteiger partial charge < -0.3 is 9.30 Å². The summed E-state index contributed by atoms with van der Waals surface area (Å²) in [6, 6.07) is 7.82. The summed E-state index contributed by atoms with van der Waals surface area (Å²) in [6.07, 6.45) is 8.57. The fourth-order valence-electron chi connectivity index (χ4n) is 2.39. The second kappa shape index (κ2) is 8.82. The molecule has 0 unspecified atom stereocenters. The van der Waals surface area contributed by atoms with Crippen LogP contribution in [0.15, 0.2) is 36.5 Å². The molecule has 1 aromatic heterocycles. The van der Waals surface area contributed by atoms with Crippen LogP contribution in [0.1, 0.15) is 47.2 Å². The molecule has 0 aliphatic carbocycles. The van der Waals surface area contributed by atoms with Crippen molar-refractivity contribution < 1.29 is 14.3 Å². The summed E-state index contributed by atoms with van der Waals surface area (Å²) < 4.78 is 6.53. The maximum absolute atomic E-state index is 11.2. The average molecular weight is 326 g/mol. The summed E-state index contributed by atoms with van der Waals surface area (Å²) in [7, 11) is 1.35. The predicted molar refractivity (Wildman–Crippen MR) is 92.8 cm³/mol. The molecule has 0 spiro atoms. The topological polar surface area (TPSA) is 61.2 Å². The normalized spacial score (nSPS) is 10.9. The lowest BCUT2D eigenvalue weighted by atomic mass is 10.1. The fourth-order valence-corrected chi connectivity index (χ4v) is 2.39. The lowest BCUT2D eigenvalue weighted by molar-refractivity contribution is -0.134. The molecule has 5 nitrogen and oxygen atoms in total. The molecule has 0 aliphatic heterocycles. The molecule has 5 heteroatoms. The van der Waals surface area contributed by atoms with Gasteiger partial charge in [0.15, 0.2) is 6.29 Å². The van der Waals surface area contributed by atoms with Gasteiger partial charge in [-0.1, -0.05) is 37.6 Å². The highest BCUT2D eigenvalue weighted by Crippen LogP contribution is 2.13. The number of hydrogen-bond donors (Lipinski definition) is 0. The van der Waals surface area contributed by atoms with Crippen molar-refractivity contribution in [2.45, 2.75) is 32.7 Å². The van der Waals surface area contributed by atoms with E-state index in [1.165, 1.54) is 13.2 Å². The van der Waals surface area contributed by atoms with Gasteiger partial charge in [0, 0.05) is 19.0 Å². The lowest BCUT2D eigenvalue weighted by Gasteiger charge is -2.10. The minimum absolute atomic E-state index is 0.381. The Morgan fingerprint density at radius 3 is 2.67 bits per heavy atom. The van der Waals surface area contributed by atoms with Gasteiger partial charge in [0.05, 0.1) is 13.3 Å². The van der Waals surface area contributed by atoms with E-state index in [1.54, 1.807) is 12.3 Å². The quantitative estimate of drug-likeness (QED) is 0.424. The molecular formula is C19H22N2O3. The van der Waals surface area contributed by atoms with Crippen molar-refractivity contribution in [3.8, 4) is 0 Å². The largest absolute Gasteiger partial charge is 0.466 e. The van der Waals surface area contributed by atoms with Crippen molar-refractivity contribution in [1.82, 2.24) is 9.55 Å². The SMILES string of the molecule is CCCCc1ncc(C=O)n1Cc1ccc(C=CC(=O)OC)cc1. The molecule has 2 aromatic rings. The van der Waals surface area contributed by atoms with E-state index >= 15 is 0 Å². The van der Waals surface area contributed by atoms with E-state index in [1.807, 2.05) is 28.8 Å². The van der Waals surface area contributed by atoms with Crippen molar-refractivity contribution >= 4 is 18.3 Å². The second-order valence-corrected chi connectivity index (χ2v) is 5.50. The molecule has 0 bridgehead atoms. The van der Waals surface area contributed by atoms with Crippen molar-refractivity contribution in [3.63, 3.8) is 0 Å². The van der Waals surface area contributed by atoms with E-state index in [4.69, 9.17) is 0 Å². The zero-order chi connectivity index (χ0) is 17.4. The van der Waals surface area contributed by atoms with E-state index in [9.17, 15) is 9.59 Å². The smallest absolute Gasteiger partial charge is 0.330 e. The monoisotopic (exact) mass is 326 g/mol. The molecule has 0 radical (unpaired) electrons. The molecule has 0 amide bonds. The van der Waals surface area contributed by atoms with Crippen molar-refractivity contribution in [1.29, 1.82) is 0 Å². The Morgan fingerprint density at radius 1 is 1.29 bits per heavy atom. The van der Waals surface area contributed by atoms with E-state index in [2.05, 4.69) is 16.6 Å². The third-order valence-corrected chi connectivity index (χ3v) is 3.78. The summed E-state index contributed by atoms with van der Waals surface area (Å²) in [5.41, 5.74) is 2.58. The van der Waals surface area contributed by atoms with Gasteiger partial charge in [-0.05, 0) is 23.6 Å². The number of aryl methyl sites for hydroxylation is 1. The van der Waals surface area contributed by atoms with Crippen LogP contribution in [0.3, 0.4) is 0 Å². The number of aromatic nitrogens is 2. The third-order valence-electron chi connectivity index (χ3n) is 3.78. The van der Waals surface area contributed by atoms with Crippen molar-refractivity contribution in [3.05, 3.63) is 59.2 Å². The second-order valence-electron chi connectivity index (χ2n) is 5.50. The average Bonchev–Trinajstić information content (AvgIpc) is 3.00. The Morgan fingerprint density at radius 2 is 2.04 bits per heavy atom. The first-order valence-corrected chi connectivity index (χ1v) is 8.02. The van der Waals surface area contributed by atoms with E-state index in [-0.39, 0.29) is 5.97 Å². The van der Waals surface area contributed by atoms with Gasteiger partial charge in [-0.15, -0.1) is 0 Å². The highest BCUT2D eigenvalue weighted by atomic mass is 16.5. The number of esters is 1. The zero-order valence-corrected chi connectivity index (χ0v) is 14.1. The van der Waals surface area contributed by atoms with Crippen LogP contribution < -0.4 is 0 Å². The molecule has 24 heavy (non-hydrogen) atoms. The number of benzene rings is 1. The number of aldehydes is 1. The number of carbonyl (C=O) groups is 2. The molecule has 1 aromatic carbocycles. The first-order valence-electron chi connectivity index (χ1n) is 8.02. The molecule has 0 atom stereocenters. The molecule has 1 heterocycles. The number of hydrogen-bond acceptors (Lipinski definition) is 4. The molecule has 0 saturated carbocycles. The summed E-state index contributed by atoms with van der Waals surface area (Å²) >= 11 is 0. The number of ether oxygens (including phenoxy) is 1. The van der Waals surface area contributed by atoms with E-state index < -0.39 is 0 Å². The summed E-state index contributed by atoms with van der Waals surface area (Å²) in [4.78, 5) is 26.7. The number of imidazole rings is 1. The van der Waals surface area contributed by atoms with E-state index in [0.717, 1.165) is 42.5 Å². The van der Waals surface area contributed by atoms with Crippen LogP contribution in [0.2, 0.25) is 0 Å². The first kappa shape index (κ1) is 17.7. The molecule has 126 valence electrons. The van der Waals surface area contributed by atoms with Gasteiger partial charge in [0.1, 0.15) is 11.5 Å². The van der Waals surface area contributed by atoms with Crippen LogP contribution in [-0.2, 0) is 22.5 Å². The van der Waals surface area contributed by atoms with Gasteiger partial charge in [0.2, 0.25) is 0 Å². The maximum Gasteiger partial charge on any atom is 0.330 e. The van der Waals surface area contributed by atoms with Crippen molar-refractivity contribution in [2.24, 2.45) is 0 Å². The van der Waals surface area contributed by atoms with Crippen LogP contribution in [0.25, 0.3) is 6.08 Å². The predicted octanol–water partition coefficient (Wildman–Crippen LogP) is 3.27. The Balaban J connectivity index is 2.13. The van der Waals surface area contributed by atoms with Crippen LogP contribution >= 0.6 is 0 Å². The van der Waals surface area contributed by atoms with Crippen LogP contribution in [-0.4, -0.2) is 28.9 Å². The van der Waals surface area contributed by atoms with Gasteiger partial charge in [-0.2, -0.15) is 0 Å². The maximum atomic E-state index is 11.2. The minimum atomic E-state index is -0.381. The minimum Gasteiger partial charge on any atom is -0.466 e. The Bertz CT molecular complexity index is 715. The van der Waals surface area contributed by atoms with Crippen molar-refractivity contribution in [2.75, 3.05) is 7.11 Å². The number of rotatable bonds is 8. The molecule has 0 fully saturated rings. The van der Waals surface area contributed by atoms with E-state index in [0.29, 0.717) is 12.2 Å². The Labute approximate surface area is 142 Å². The molecular weight excluding hydrogens is 304 g/mol. The van der Waals surface area contributed by atoms with Gasteiger partial charge in [-0.3, -0.25) is 4.79 Å². The number of unbranched alkanes of at least 4 members (excludes halogenated alkanes) is 1. The van der Waals surface area contributed by atoms with Crippen LogP contribution in [0.5, 0.6) is 0 Å². The van der Waals surface area contributed by atoms with Gasteiger partial charge >= 0.3 is 5.97 Å². The number of methoxy groups -OCH3 is 1. The highest BCUT2D eigenvalue weighted by molar-refractivity contribution is 5.86. The lowest BCUT2D eigenvalue weighted by Crippen LogP contribution is -2.08. The standard InChI is InChI=1S/C19H22N2O3/c1-3-4-5-18-20-12-17(14-22)21(18)13-16-8-6-15(7-9-16)10-11-19(23)24-2/h6-12,14H,3-5,13H2,1-2H3. The number of nitrogens with zero attached hydrogens (tertiary/aromatic N) is 2. The number of carbonyl (C=O) groups excluding carboxylic acids is 2. The zero-order valence-electron chi connectivity index (χ0n) is 14.1. The molecule has 0 N–H and O–H groups in total. The highest BCUT2D eigenvalue weighted by Gasteiger charge is 2.09. The van der Waals surface area contributed by atoms with Gasteiger partial charge in [-0.25, -0.2) is 9.78 Å².